The van der Waals surface area contributed by atoms with Crippen molar-refractivity contribution in [3.63, 3.8) is 0 Å². The lowest BCUT2D eigenvalue weighted by atomic mass is 9.88. The van der Waals surface area contributed by atoms with Crippen LogP contribution in [-0.2, 0) is 4.79 Å². The molecule has 0 saturated carbocycles. The fourth-order valence-electron chi connectivity index (χ4n) is 2.43. The molecule has 0 aliphatic heterocycles. The van der Waals surface area contributed by atoms with Crippen LogP contribution in [0.3, 0.4) is 0 Å². The molecular formula is C17H10F17NO2. The maximum atomic E-state index is 14.0. The molecule has 1 aromatic carbocycles. The zero-order valence-corrected chi connectivity index (χ0v) is 17.5. The van der Waals surface area contributed by atoms with Crippen LogP contribution in [-0.4, -0.2) is 60.7 Å². The molecule has 1 amide bonds. The number of anilines is 1. The fourth-order valence-corrected chi connectivity index (χ4v) is 2.43. The Morgan fingerprint density at radius 2 is 1.03 bits per heavy atom. The molecule has 0 heterocycles. The van der Waals surface area contributed by atoms with Crippen molar-refractivity contribution in [1.82, 2.24) is 0 Å². The zero-order valence-electron chi connectivity index (χ0n) is 17.5. The molecule has 0 saturated heterocycles. The van der Waals surface area contributed by atoms with Crippen molar-refractivity contribution in [2.75, 3.05) is 12.4 Å². The molecule has 0 bridgehead atoms. The molecule has 1 rings (SSSR count). The van der Waals surface area contributed by atoms with Gasteiger partial charge < -0.3 is 10.1 Å². The van der Waals surface area contributed by atoms with Crippen LogP contribution in [0.5, 0.6) is 5.75 Å². The van der Waals surface area contributed by atoms with Crippen molar-refractivity contribution in [2.45, 2.75) is 54.6 Å². The third-order valence-corrected chi connectivity index (χ3v) is 4.61. The Labute approximate surface area is 193 Å². The van der Waals surface area contributed by atoms with E-state index >= 15 is 0 Å². The van der Waals surface area contributed by atoms with Gasteiger partial charge >= 0.3 is 53.5 Å². The molecule has 0 fully saturated rings. The number of carbonyl (C=O) groups excluding carboxylic acids is 1. The van der Waals surface area contributed by atoms with Crippen molar-refractivity contribution in [3.05, 3.63) is 23.8 Å². The first-order valence-electron chi connectivity index (χ1n) is 8.77. The van der Waals surface area contributed by atoms with Crippen LogP contribution in [0.15, 0.2) is 18.2 Å². The summed E-state index contributed by atoms with van der Waals surface area (Å²) < 4.78 is 230. The quantitative estimate of drug-likeness (QED) is 0.320. The highest BCUT2D eigenvalue weighted by molar-refractivity contribution is 5.98. The minimum atomic E-state index is -8.77. The van der Waals surface area contributed by atoms with Crippen LogP contribution in [0, 0.1) is 6.92 Å². The number of hydrogen-bond acceptors (Lipinski definition) is 2. The lowest BCUT2D eigenvalue weighted by Gasteiger charge is -2.42. The van der Waals surface area contributed by atoms with E-state index in [2.05, 4.69) is 4.74 Å². The first-order valence-corrected chi connectivity index (χ1v) is 8.77. The van der Waals surface area contributed by atoms with Gasteiger partial charge in [-0.1, -0.05) is 6.07 Å². The lowest BCUT2D eigenvalue weighted by Crippen LogP contribution is -2.75. The van der Waals surface area contributed by atoms with Gasteiger partial charge in [0.15, 0.2) is 0 Å². The first kappa shape index (κ1) is 32.3. The summed E-state index contributed by atoms with van der Waals surface area (Å²) in [7, 11) is 0.792. The Morgan fingerprint density at radius 1 is 0.649 bits per heavy atom. The molecule has 1 N–H and O–H groups in total. The predicted octanol–water partition coefficient (Wildman–Crippen LogP) is 6.95. The number of carbonyl (C=O) groups is 1. The third kappa shape index (κ3) is 4.48. The number of ether oxygens (including phenoxy) is 1. The maximum Gasteiger partial charge on any atom is 0.460 e. The number of halogens is 17. The summed E-state index contributed by atoms with van der Waals surface area (Å²) >= 11 is 0. The van der Waals surface area contributed by atoms with Crippen molar-refractivity contribution >= 4 is 11.6 Å². The lowest BCUT2D eigenvalue weighted by molar-refractivity contribution is -0.459. The van der Waals surface area contributed by atoms with Gasteiger partial charge in [-0.3, -0.25) is 4.79 Å². The summed E-state index contributed by atoms with van der Waals surface area (Å²) in [6.07, 6.45) is -7.84. The monoisotopic (exact) mass is 583 g/mol. The summed E-state index contributed by atoms with van der Waals surface area (Å²) in [6, 6.07) is 2.67. The van der Waals surface area contributed by atoms with Gasteiger partial charge in [0.05, 0.1) is 12.8 Å². The van der Waals surface area contributed by atoms with Gasteiger partial charge in [0.2, 0.25) is 0 Å². The van der Waals surface area contributed by atoms with E-state index in [-0.39, 0.29) is 5.56 Å². The number of benzene rings is 1. The maximum absolute atomic E-state index is 14.0. The van der Waals surface area contributed by atoms with E-state index in [1.165, 1.54) is 6.92 Å². The highest BCUT2D eigenvalue weighted by Crippen LogP contribution is 2.64. The zero-order chi connectivity index (χ0) is 29.8. The van der Waals surface area contributed by atoms with Gasteiger partial charge in [-0.2, -0.15) is 74.6 Å². The number of alkyl halides is 17. The summed E-state index contributed by atoms with van der Waals surface area (Å²) in [5.41, 5.74) is -0.977. The van der Waals surface area contributed by atoms with Gasteiger partial charge in [0, 0.05) is 0 Å². The fraction of sp³-hybridized carbons (Fsp3) is 0.588. The number of nitrogens with one attached hydrogen (secondary N) is 1. The summed E-state index contributed by atoms with van der Waals surface area (Å²) in [5.74, 6) is -62.6. The minimum Gasteiger partial charge on any atom is -0.495 e. The Morgan fingerprint density at radius 3 is 1.41 bits per heavy atom. The van der Waals surface area contributed by atoms with Gasteiger partial charge in [-0.15, -0.1) is 0 Å². The van der Waals surface area contributed by atoms with Crippen LogP contribution in [0.1, 0.15) is 5.56 Å². The number of methoxy groups -OCH3 is 1. The number of rotatable bonds is 9. The second-order valence-electron chi connectivity index (χ2n) is 7.18. The SMILES string of the molecule is COc1ccc(C)cc1NC(=O)C(F)(F)C(F)(F)C(F)(F)C(F)(F)C(F)(F)C(F)(F)C(F)(F)C(F)(F)F. The number of hydrogen-bond donors (Lipinski definition) is 1. The minimum absolute atomic E-state index is 0.0375. The summed E-state index contributed by atoms with van der Waals surface area (Å²) in [5, 5.41) is 0.809. The standard InChI is InChI=1S/C17H10F17NO2/c1-6-3-4-8(37-2)7(5-6)35-9(36)10(18,19)11(20,21)12(22,23)13(24,25)14(26,27)15(28,29)16(30,31)17(32,33)34/h3-5H,1-2H3,(H,35,36). The largest absolute Gasteiger partial charge is 0.495 e. The second-order valence-corrected chi connectivity index (χ2v) is 7.18. The molecule has 0 radical (unpaired) electrons. The molecule has 0 unspecified atom stereocenters. The molecular weight excluding hydrogens is 573 g/mol. The van der Waals surface area contributed by atoms with Crippen molar-refractivity contribution < 1.29 is 84.2 Å². The smallest absolute Gasteiger partial charge is 0.460 e. The molecule has 37 heavy (non-hydrogen) atoms. The van der Waals surface area contributed by atoms with Gasteiger partial charge in [-0.25, -0.2) is 0 Å². The normalized spacial score (nSPS) is 15.0. The van der Waals surface area contributed by atoms with E-state index in [1.54, 1.807) is 0 Å². The molecule has 0 aromatic heterocycles. The first-order chi connectivity index (χ1) is 16.1. The van der Waals surface area contributed by atoms with Crippen molar-refractivity contribution in [2.24, 2.45) is 0 Å². The molecule has 3 nitrogen and oxygen atoms in total. The van der Waals surface area contributed by atoms with E-state index in [0.29, 0.717) is 6.07 Å². The molecule has 0 atom stereocenters. The summed E-state index contributed by atoms with van der Waals surface area (Å²) in [4.78, 5) is 11.6. The Kier molecular flexibility index (Phi) is 7.82. The highest BCUT2D eigenvalue weighted by Gasteiger charge is 2.95. The average molecular weight is 583 g/mol. The van der Waals surface area contributed by atoms with Crippen LogP contribution >= 0.6 is 0 Å². The Balaban J connectivity index is 3.62. The van der Waals surface area contributed by atoms with Crippen LogP contribution in [0.25, 0.3) is 0 Å². The van der Waals surface area contributed by atoms with E-state index in [4.69, 9.17) is 0 Å². The van der Waals surface area contributed by atoms with Gasteiger partial charge in [0.1, 0.15) is 5.75 Å². The van der Waals surface area contributed by atoms with Crippen LogP contribution in [0.2, 0.25) is 0 Å². The number of amides is 1. The number of aryl methyl sites for hydroxylation is 1. The molecule has 1 aromatic rings. The van der Waals surface area contributed by atoms with E-state index < -0.39 is 65.0 Å². The molecule has 0 spiro atoms. The van der Waals surface area contributed by atoms with Gasteiger partial charge in [0.25, 0.3) is 0 Å². The third-order valence-electron chi connectivity index (χ3n) is 4.61. The Hall–Kier alpha value is -2.70. The summed E-state index contributed by atoms with van der Waals surface area (Å²) in [6.45, 7) is 1.18. The predicted molar refractivity (Wildman–Crippen MR) is 87.0 cm³/mol. The highest BCUT2D eigenvalue weighted by atomic mass is 19.4. The average Bonchev–Trinajstić information content (AvgIpc) is 2.72. The van der Waals surface area contributed by atoms with Crippen LogP contribution < -0.4 is 10.1 Å². The van der Waals surface area contributed by atoms with Crippen molar-refractivity contribution in [1.29, 1.82) is 0 Å². The second kappa shape index (κ2) is 8.95. The van der Waals surface area contributed by atoms with Crippen molar-refractivity contribution in [3.8, 4) is 5.75 Å². The topological polar surface area (TPSA) is 38.3 Å². The van der Waals surface area contributed by atoms with E-state index in [1.807, 2.05) is 0 Å². The molecule has 0 aliphatic carbocycles. The van der Waals surface area contributed by atoms with Crippen LogP contribution in [0.4, 0.5) is 80.3 Å². The van der Waals surface area contributed by atoms with E-state index in [9.17, 15) is 79.4 Å². The molecule has 214 valence electrons. The van der Waals surface area contributed by atoms with E-state index in [0.717, 1.165) is 24.6 Å². The molecule has 0 aliphatic rings. The van der Waals surface area contributed by atoms with Gasteiger partial charge in [-0.05, 0) is 24.6 Å². The Bertz CT molecular complexity index is 1020. The molecule has 20 heteroatoms.